The third-order valence-electron chi connectivity index (χ3n) is 4.11. The van der Waals surface area contributed by atoms with Crippen molar-refractivity contribution in [3.05, 3.63) is 30.0 Å². The molecule has 6 heteroatoms. The van der Waals surface area contributed by atoms with Crippen molar-refractivity contribution in [3.63, 3.8) is 0 Å². The largest absolute Gasteiger partial charge is 0.396 e. The summed E-state index contributed by atoms with van der Waals surface area (Å²) in [5, 5.41) is 12.5. The minimum Gasteiger partial charge on any atom is -0.396 e. The van der Waals surface area contributed by atoms with E-state index in [9.17, 15) is 8.78 Å². The first-order valence-electron chi connectivity index (χ1n) is 7.24. The van der Waals surface area contributed by atoms with Crippen LogP contribution in [0.15, 0.2) is 24.4 Å². The minimum atomic E-state index is -2.76. The van der Waals surface area contributed by atoms with Crippen molar-refractivity contribution in [1.82, 2.24) is 4.98 Å². The molecule has 1 aliphatic rings. The van der Waals surface area contributed by atoms with Crippen LogP contribution >= 0.6 is 0 Å². The van der Waals surface area contributed by atoms with Gasteiger partial charge in [-0.25, -0.2) is 8.78 Å². The number of rotatable bonds is 2. The molecule has 0 saturated heterocycles. The van der Waals surface area contributed by atoms with Crippen LogP contribution < -0.4 is 11.1 Å². The van der Waals surface area contributed by atoms with Crippen LogP contribution in [0.5, 0.6) is 0 Å². The molecule has 114 valence electrons. The minimum absolute atomic E-state index is 0.114. The lowest BCUT2D eigenvalue weighted by atomic mass is 9.91. The molecule has 1 heterocycles. The van der Waals surface area contributed by atoms with Crippen molar-refractivity contribution in [3.8, 4) is 6.07 Å². The number of anilines is 2. The van der Waals surface area contributed by atoms with E-state index in [0.717, 1.165) is 6.42 Å². The van der Waals surface area contributed by atoms with Gasteiger partial charge in [0, 0.05) is 11.8 Å². The quantitative estimate of drug-likeness (QED) is 0.887. The van der Waals surface area contributed by atoms with E-state index in [1.165, 1.54) is 6.20 Å². The molecule has 1 saturated carbocycles. The van der Waals surface area contributed by atoms with E-state index < -0.39 is 12.0 Å². The van der Waals surface area contributed by atoms with E-state index in [4.69, 9.17) is 11.0 Å². The van der Waals surface area contributed by atoms with Crippen molar-refractivity contribution >= 4 is 22.3 Å². The molecule has 0 bridgehead atoms. The van der Waals surface area contributed by atoms with Crippen LogP contribution in [-0.4, -0.2) is 16.9 Å². The van der Waals surface area contributed by atoms with E-state index in [1.54, 1.807) is 18.2 Å². The van der Waals surface area contributed by atoms with Gasteiger partial charge < -0.3 is 11.1 Å². The lowest BCUT2D eigenvalue weighted by molar-refractivity contribution is -0.0448. The number of fused-ring (bicyclic) bond motifs is 1. The highest BCUT2D eigenvalue weighted by Crippen LogP contribution is 2.38. The van der Waals surface area contributed by atoms with Crippen molar-refractivity contribution in [1.29, 1.82) is 5.26 Å². The average Bonchev–Trinajstić information content (AvgIpc) is 2.51. The topological polar surface area (TPSA) is 74.7 Å². The van der Waals surface area contributed by atoms with Crippen LogP contribution in [0.3, 0.4) is 0 Å². The summed E-state index contributed by atoms with van der Waals surface area (Å²) in [5.41, 5.74) is 7.74. The second-order valence-corrected chi connectivity index (χ2v) is 5.64. The Morgan fingerprint density at radius 3 is 2.91 bits per heavy atom. The van der Waals surface area contributed by atoms with Crippen LogP contribution in [-0.2, 0) is 0 Å². The highest BCUT2D eigenvalue weighted by Gasteiger charge is 2.41. The zero-order valence-electron chi connectivity index (χ0n) is 11.9. The van der Waals surface area contributed by atoms with E-state index in [2.05, 4.69) is 10.3 Å². The maximum Gasteiger partial charge on any atom is 0.267 e. The van der Waals surface area contributed by atoms with Gasteiger partial charge >= 0.3 is 0 Å². The molecule has 1 aromatic heterocycles. The number of hydrogen-bond donors (Lipinski definition) is 2. The van der Waals surface area contributed by atoms with Crippen LogP contribution in [0.1, 0.15) is 31.2 Å². The highest BCUT2D eigenvalue weighted by atomic mass is 19.3. The van der Waals surface area contributed by atoms with Crippen LogP contribution in [0.4, 0.5) is 20.2 Å². The first-order chi connectivity index (χ1) is 10.5. The third kappa shape index (κ3) is 2.54. The molecule has 1 fully saturated rings. The molecule has 0 radical (unpaired) electrons. The average molecular weight is 302 g/mol. The molecule has 0 aliphatic heterocycles. The fraction of sp³-hybridized carbons (Fsp3) is 0.375. The Morgan fingerprint density at radius 2 is 2.18 bits per heavy atom. The predicted molar refractivity (Wildman–Crippen MR) is 81.7 cm³/mol. The Hall–Kier alpha value is -2.42. The van der Waals surface area contributed by atoms with Crippen LogP contribution in [0.25, 0.3) is 10.9 Å². The van der Waals surface area contributed by atoms with Gasteiger partial charge in [-0.05, 0) is 31.0 Å². The van der Waals surface area contributed by atoms with Crippen LogP contribution in [0, 0.1) is 11.3 Å². The zero-order valence-corrected chi connectivity index (χ0v) is 11.9. The molecule has 1 unspecified atom stereocenters. The van der Waals surface area contributed by atoms with Gasteiger partial charge in [-0.2, -0.15) is 5.26 Å². The number of nitriles is 1. The summed E-state index contributed by atoms with van der Waals surface area (Å²) in [7, 11) is 0. The van der Waals surface area contributed by atoms with Crippen LogP contribution in [0.2, 0.25) is 0 Å². The van der Waals surface area contributed by atoms with Crippen molar-refractivity contribution < 1.29 is 8.78 Å². The zero-order chi connectivity index (χ0) is 15.7. The second kappa shape index (κ2) is 5.41. The molecule has 0 amide bonds. The molecular formula is C16H16F2N4. The van der Waals surface area contributed by atoms with Gasteiger partial charge in [-0.15, -0.1) is 0 Å². The number of benzene rings is 1. The summed E-state index contributed by atoms with van der Waals surface area (Å²) in [4.78, 5) is 4.18. The smallest absolute Gasteiger partial charge is 0.267 e. The molecule has 1 aliphatic carbocycles. The fourth-order valence-electron chi connectivity index (χ4n) is 2.89. The SMILES string of the molecule is N#Cc1ccc2ncc(N)c(NC3CCCCC3(F)F)c2c1. The van der Waals surface area contributed by atoms with E-state index in [-0.39, 0.29) is 6.42 Å². The summed E-state index contributed by atoms with van der Waals surface area (Å²) in [6, 6.07) is 6.06. The Bertz CT molecular complexity index is 752. The molecule has 3 N–H and O–H groups in total. The van der Waals surface area contributed by atoms with Gasteiger partial charge in [0.05, 0.1) is 40.8 Å². The van der Waals surface area contributed by atoms with Crippen molar-refractivity contribution in [2.45, 2.75) is 37.6 Å². The molecule has 22 heavy (non-hydrogen) atoms. The van der Waals surface area contributed by atoms with Gasteiger partial charge in [0.1, 0.15) is 0 Å². The van der Waals surface area contributed by atoms with E-state index in [0.29, 0.717) is 40.7 Å². The number of hydrogen-bond acceptors (Lipinski definition) is 4. The maximum atomic E-state index is 14.1. The number of nitrogens with zero attached hydrogens (tertiary/aromatic N) is 2. The molecule has 1 atom stereocenters. The van der Waals surface area contributed by atoms with Crippen molar-refractivity contribution in [2.24, 2.45) is 0 Å². The summed E-state index contributed by atoms with van der Waals surface area (Å²) in [6.45, 7) is 0. The Balaban J connectivity index is 2.05. The van der Waals surface area contributed by atoms with Gasteiger partial charge in [0.2, 0.25) is 0 Å². The number of nitrogens with two attached hydrogens (primary N) is 1. The predicted octanol–water partition coefficient (Wildman–Crippen LogP) is 3.68. The van der Waals surface area contributed by atoms with Gasteiger partial charge in [0.25, 0.3) is 5.92 Å². The molecule has 1 aromatic carbocycles. The third-order valence-corrected chi connectivity index (χ3v) is 4.11. The number of nitrogen functional groups attached to an aromatic ring is 1. The lowest BCUT2D eigenvalue weighted by Gasteiger charge is -2.33. The summed E-state index contributed by atoms with van der Waals surface area (Å²) in [6.07, 6.45) is 3.04. The number of pyridine rings is 1. The summed E-state index contributed by atoms with van der Waals surface area (Å²) < 4.78 is 28.1. The lowest BCUT2D eigenvalue weighted by Crippen LogP contribution is -2.42. The number of aromatic nitrogens is 1. The van der Waals surface area contributed by atoms with Gasteiger partial charge in [-0.1, -0.05) is 6.42 Å². The second-order valence-electron chi connectivity index (χ2n) is 5.64. The molecule has 4 nitrogen and oxygen atoms in total. The Morgan fingerprint density at radius 1 is 1.36 bits per heavy atom. The summed E-state index contributed by atoms with van der Waals surface area (Å²) in [5.74, 6) is -2.76. The molecular weight excluding hydrogens is 286 g/mol. The highest BCUT2D eigenvalue weighted by molar-refractivity contribution is 5.97. The van der Waals surface area contributed by atoms with Gasteiger partial charge in [-0.3, -0.25) is 4.98 Å². The van der Waals surface area contributed by atoms with E-state index in [1.807, 2.05) is 6.07 Å². The number of nitrogens with one attached hydrogen (secondary N) is 1. The normalized spacial score (nSPS) is 20.5. The first-order valence-corrected chi connectivity index (χ1v) is 7.24. The standard InChI is InChI=1S/C16H16F2N4/c17-16(18)6-2-1-3-14(16)22-15-11-7-10(8-19)4-5-13(11)21-9-12(15)20/h4-5,7,9,14H,1-3,6,20H2,(H,21,22). The first kappa shape index (κ1) is 14.5. The number of halogens is 2. The Labute approximate surface area is 126 Å². The number of alkyl halides is 2. The molecule has 3 rings (SSSR count). The maximum absolute atomic E-state index is 14.1. The molecule has 2 aromatic rings. The molecule has 0 spiro atoms. The van der Waals surface area contributed by atoms with Crippen molar-refractivity contribution in [2.75, 3.05) is 11.1 Å². The van der Waals surface area contributed by atoms with E-state index >= 15 is 0 Å². The Kier molecular flexibility index (Phi) is 3.57. The fourth-order valence-corrected chi connectivity index (χ4v) is 2.89. The van der Waals surface area contributed by atoms with Gasteiger partial charge in [0.15, 0.2) is 0 Å². The summed E-state index contributed by atoms with van der Waals surface area (Å²) >= 11 is 0. The monoisotopic (exact) mass is 302 g/mol.